The van der Waals surface area contributed by atoms with Gasteiger partial charge in [0, 0.05) is 6.08 Å². The molecule has 22 heavy (non-hydrogen) atoms. The van der Waals surface area contributed by atoms with Crippen LogP contribution in [0.3, 0.4) is 0 Å². The van der Waals surface area contributed by atoms with Gasteiger partial charge >= 0.3 is 0 Å². The van der Waals surface area contributed by atoms with Crippen LogP contribution >= 0.6 is 39.3 Å². The van der Waals surface area contributed by atoms with E-state index in [1.165, 1.54) is 18.2 Å². The summed E-state index contributed by atoms with van der Waals surface area (Å²) in [7, 11) is 0. The Hall–Kier alpha value is -1.57. The smallest absolute Gasteiger partial charge is 0.298 e. The Labute approximate surface area is 142 Å². The van der Waals surface area contributed by atoms with Crippen LogP contribution in [0.4, 0.5) is 14.9 Å². The maximum Gasteiger partial charge on any atom is 0.298 e. The summed E-state index contributed by atoms with van der Waals surface area (Å²) in [5.41, 5.74) is 0.220. The van der Waals surface area contributed by atoms with Crippen LogP contribution in [0.2, 0.25) is 5.02 Å². The molecule has 1 aliphatic rings. The van der Waals surface area contributed by atoms with E-state index in [4.69, 9.17) is 16.0 Å². The molecule has 2 aromatic rings. The summed E-state index contributed by atoms with van der Waals surface area (Å²) in [4.78, 5) is 25.5. The molecule has 0 atom stereocenters. The third kappa shape index (κ3) is 2.84. The van der Waals surface area contributed by atoms with Crippen LogP contribution in [0.5, 0.6) is 0 Å². The fourth-order valence-corrected chi connectivity index (χ4v) is 3.16. The largest absolute Gasteiger partial charge is 0.450 e. The molecule has 2 amide bonds. The highest BCUT2D eigenvalue weighted by atomic mass is 79.9. The summed E-state index contributed by atoms with van der Waals surface area (Å²) in [6.07, 6.45) is 1.47. The number of halogens is 3. The van der Waals surface area contributed by atoms with Crippen molar-refractivity contribution in [1.29, 1.82) is 0 Å². The molecule has 0 saturated carbocycles. The van der Waals surface area contributed by atoms with Crippen molar-refractivity contribution in [1.82, 2.24) is 0 Å². The first kappa shape index (κ1) is 15.3. The van der Waals surface area contributed by atoms with E-state index in [9.17, 15) is 14.0 Å². The van der Waals surface area contributed by atoms with E-state index in [-0.39, 0.29) is 15.6 Å². The average Bonchev–Trinajstić information content (AvgIpc) is 2.98. The number of nitrogens with zero attached hydrogens (tertiary/aromatic N) is 1. The van der Waals surface area contributed by atoms with Gasteiger partial charge in [0.05, 0.1) is 15.6 Å². The number of imide groups is 1. The maximum atomic E-state index is 13.2. The summed E-state index contributed by atoms with van der Waals surface area (Å²) < 4.78 is 19.0. The van der Waals surface area contributed by atoms with E-state index in [2.05, 4.69) is 15.9 Å². The van der Waals surface area contributed by atoms with E-state index in [1.54, 1.807) is 12.1 Å². The van der Waals surface area contributed by atoms with Gasteiger partial charge in [-0.05, 0) is 58.0 Å². The predicted molar refractivity (Wildman–Crippen MR) is 86.3 cm³/mol. The van der Waals surface area contributed by atoms with E-state index in [0.29, 0.717) is 10.4 Å². The molecule has 0 N–H and O–H groups in total. The zero-order chi connectivity index (χ0) is 15.9. The molecule has 1 aromatic carbocycles. The zero-order valence-corrected chi connectivity index (χ0v) is 13.8. The van der Waals surface area contributed by atoms with Gasteiger partial charge < -0.3 is 4.42 Å². The van der Waals surface area contributed by atoms with Gasteiger partial charge in [-0.3, -0.25) is 9.59 Å². The summed E-state index contributed by atoms with van der Waals surface area (Å²) in [5, 5.41) is -0.639. The lowest BCUT2D eigenvalue weighted by Crippen LogP contribution is -2.27. The second kappa shape index (κ2) is 5.91. The zero-order valence-electron chi connectivity index (χ0n) is 10.7. The first-order chi connectivity index (χ1) is 10.5. The molecule has 0 aliphatic carbocycles. The molecule has 112 valence electrons. The van der Waals surface area contributed by atoms with Crippen molar-refractivity contribution >= 4 is 62.2 Å². The highest BCUT2D eigenvalue weighted by molar-refractivity contribution is 9.10. The molecule has 3 rings (SSSR count). The SMILES string of the molecule is O=C1S/C(=C/c2ccc(Br)o2)C(=O)N1c1ccc(F)c(Cl)c1. The van der Waals surface area contributed by atoms with Gasteiger partial charge in [-0.2, -0.15) is 0 Å². The van der Waals surface area contributed by atoms with Crippen molar-refractivity contribution < 1.29 is 18.4 Å². The van der Waals surface area contributed by atoms with Crippen molar-refractivity contribution in [3.63, 3.8) is 0 Å². The lowest BCUT2D eigenvalue weighted by Gasteiger charge is -2.12. The molecule has 4 nitrogen and oxygen atoms in total. The molecule has 2 heterocycles. The topological polar surface area (TPSA) is 50.5 Å². The third-order valence-corrected chi connectivity index (χ3v) is 4.41. The van der Waals surface area contributed by atoms with Gasteiger partial charge in [-0.15, -0.1) is 0 Å². The van der Waals surface area contributed by atoms with Crippen LogP contribution in [0.25, 0.3) is 6.08 Å². The number of anilines is 1. The van der Waals surface area contributed by atoms with Crippen LogP contribution in [0, 0.1) is 5.82 Å². The van der Waals surface area contributed by atoms with Crippen LogP contribution in [-0.4, -0.2) is 11.1 Å². The van der Waals surface area contributed by atoms with E-state index < -0.39 is 17.0 Å². The lowest BCUT2D eigenvalue weighted by molar-refractivity contribution is -0.113. The normalized spacial score (nSPS) is 16.9. The van der Waals surface area contributed by atoms with Gasteiger partial charge in [0.2, 0.25) is 0 Å². The fraction of sp³-hybridized carbons (Fsp3) is 0. The first-order valence-corrected chi connectivity index (χ1v) is 7.93. The van der Waals surface area contributed by atoms with Crippen LogP contribution in [0.1, 0.15) is 5.76 Å². The Balaban J connectivity index is 1.94. The second-order valence-corrected chi connectivity index (χ2v) is 6.44. The van der Waals surface area contributed by atoms with E-state index >= 15 is 0 Å². The van der Waals surface area contributed by atoms with Gasteiger partial charge in [-0.25, -0.2) is 9.29 Å². The fourth-order valence-electron chi connectivity index (χ4n) is 1.85. The minimum absolute atomic E-state index is 0.157. The number of hydrogen-bond donors (Lipinski definition) is 0. The van der Waals surface area contributed by atoms with Gasteiger partial charge in [0.15, 0.2) is 4.67 Å². The Morgan fingerprint density at radius 1 is 1.27 bits per heavy atom. The molecular formula is C14H6BrClFNO3S. The molecule has 0 spiro atoms. The molecule has 0 radical (unpaired) electrons. The van der Waals surface area contributed by atoms with Crippen molar-refractivity contribution in [2.45, 2.75) is 0 Å². The summed E-state index contributed by atoms with van der Waals surface area (Å²) in [6.45, 7) is 0. The van der Waals surface area contributed by atoms with Crippen LogP contribution in [0.15, 0.2) is 44.3 Å². The first-order valence-electron chi connectivity index (χ1n) is 5.94. The Morgan fingerprint density at radius 3 is 2.68 bits per heavy atom. The average molecular weight is 403 g/mol. The number of benzene rings is 1. The van der Waals surface area contributed by atoms with Gasteiger partial charge in [0.25, 0.3) is 11.1 Å². The van der Waals surface area contributed by atoms with Crippen LogP contribution in [-0.2, 0) is 4.79 Å². The maximum absolute atomic E-state index is 13.2. The predicted octanol–water partition coefficient (Wildman–Crippen LogP) is 5.08. The number of carbonyl (C=O) groups excluding carboxylic acids is 2. The van der Waals surface area contributed by atoms with Crippen molar-refractivity contribution in [2.24, 2.45) is 0 Å². The second-order valence-electron chi connectivity index (χ2n) is 4.26. The Bertz CT molecular complexity index is 820. The van der Waals surface area contributed by atoms with Crippen molar-refractivity contribution in [3.8, 4) is 0 Å². The Morgan fingerprint density at radius 2 is 2.05 bits per heavy atom. The van der Waals surface area contributed by atoms with E-state index in [1.807, 2.05) is 0 Å². The monoisotopic (exact) mass is 401 g/mol. The third-order valence-electron chi connectivity index (χ3n) is 2.82. The minimum atomic E-state index is -0.617. The summed E-state index contributed by atoms with van der Waals surface area (Å²) >= 11 is 9.62. The molecule has 0 bridgehead atoms. The quantitative estimate of drug-likeness (QED) is 0.658. The molecule has 1 saturated heterocycles. The molecule has 8 heteroatoms. The molecular weight excluding hydrogens is 397 g/mol. The number of furan rings is 1. The standard InChI is InChI=1S/C14H6BrClFNO3S/c15-12-4-2-8(21-12)6-11-13(19)18(14(20)22-11)7-1-3-10(17)9(16)5-7/h1-6H/b11-6+. The van der Waals surface area contributed by atoms with Crippen molar-refractivity contribution in [2.75, 3.05) is 4.90 Å². The summed E-state index contributed by atoms with van der Waals surface area (Å²) in [6, 6.07) is 7.00. The number of rotatable bonds is 2. The minimum Gasteiger partial charge on any atom is -0.450 e. The number of carbonyl (C=O) groups is 2. The Kier molecular flexibility index (Phi) is 4.12. The lowest BCUT2D eigenvalue weighted by atomic mass is 10.2. The van der Waals surface area contributed by atoms with Crippen molar-refractivity contribution in [3.05, 3.63) is 56.5 Å². The molecule has 1 aliphatic heterocycles. The highest BCUT2D eigenvalue weighted by Crippen LogP contribution is 2.37. The molecule has 1 aromatic heterocycles. The summed E-state index contributed by atoms with van der Waals surface area (Å²) in [5.74, 6) is -0.687. The number of hydrogen-bond acceptors (Lipinski definition) is 4. The van der Waals surface area contributed by atoms with Gasteiger partial charge in [-0.1, -0.05) is 11.6 Å². The molecule has 1 fully saturated rings. The number of amides is 2. The number of thioether (sulfide) groups is 1. The van der Waals surface area contributed by atoms with Gasteiger partial charge in [0.1, 0.15) is 11.6 Å². The molecule has 0 unspecified atom stereocenters. The highest BCUT2D eigenvalue weighted by Gasteiger charge is 2.36. The van der Waals surface area contributed by atoms with E-state index in [0.717, 1.165) is 22.7 Å². The van der Waals surface area contributed by atoms with Crippen LogP contribution < -0.4 is 4.90 Å².